The quantitative estimate of drug-likeness (QED) is 0.387. The van der Waals surface area contributed by atoms with Crippen molar-refractivity contribution in [3.63, 3.8) is 0 Å². The Morgan fingerprint density at radius 1 is 1.25 bits per heavy atom. The van der Waals surface area contributed by atoms with E-state index in [1.165, 1.54) is 6.21 Å². The van der Waals surface area contributed by atoms with E-state index < -0.39 is 5.56 Å². The number of nitrogens with one attached hydrogen (secondary N) is 2. The fraction of sp³-hybridized carbons (Fsp3) is 0.182. The highest BCUT2D eigenvalue weighted by atomic mass is 16.3. The lowest BCUT2D eigenvalue weighted by Crippen LogP contribution is -2.13. The third kappa shape index (κ3) is 4.23. The zero-order valence-corrected chi connectivity index (χ0v) is 16.0. The van der Waals surface area contributed by atoms with Crippen LogP contribution in [0.15, 0.2) is 64.1 Å². The third-order valence-corrected chi connectivity index (χ3v) is 4.29. The van der Waals surface area contributed by atoms with Crippen molar-refractivity contribution in [1.29, 1.82) is 0 Å². The fourth-order valence-electron chi connectivity index (χ4n) is 3.02. The van der Waals surface area contributed by atoms with Gasteiger partial charge in [-0.3, -0.25) is 9.79 Å². The van der Waals surface area contributed by atoms with Crippen LogP contribution in [-0.2, 0) is 0 Å². The van der Waals surface area contributed by atoms with Crippen molar-refractivity contribution < 1.29 is 10.2 Å². The molecule has 0 radical (unpaired) electrons. The van der Waals surface area contributed by atoms with Crippen LogP contribution in [0.3, 0.4) is 0 Å². The van der Waals surface area contributed by atoms with Gasteiger partial charge >= 0.3 is 0 Å². The molecule has 0 aliphatic heterocycles. The predicted octanol–water partition coefficient (Wildman–Crippen LogP) is 4.55. The summed E-state index contributed by atoms with van der Waals surface area (Å²) in [7, 11) is 0. The number of hydrogen-bond donors (Lipinski definition) is 4. The Hall–Kier alpha value is -3.54. The van der Waals surface area contributed by atoms with Crippen molar-refractivity contribution in [2.24, 2.45) is 4.99 Å². The zero-order valence-electron chi connectivity index (χ0n) is 16.0. The van der Waals surface area contributed by atoms with E-state index in [9.17, 15) is 15.0 Å². The van der Waals surface area contributed by atoms with Crippen LogP contribution in [0.1, 0.15) is 25.0 Å². The van der Waals surface area contributed by atoms with E-state index in [-0.39, 0.29) is 23.1 Å². The van der Waals surface area contributed by atoms with Crippen LogP contribution >= 0.6 is 0 Å². The van der Waals surface area contributed by atoms with Crippen molar-refractivity contribution in [2.75, 3.05) is 5.32 Å². The minimum absolute atomic E-state index is 0.0937. The molecule has 6 nitrogen and oxygen atoms in total. The zero-order chi connectivity index (χ0) is 20.3. The van der Waals surface area contributed by atoms with Gasteiger partial charge < -0.3 is 20.5 Å². The first-order valence-corrected chi connectivity index (χ1v) is 8.98. The smallest absolute Gasteiger partial charge is 0.261 e. The molecular formula is C22H23N3O3. The van der Waals surface area contributed by atoms with Crippen LogP contribution in [0.25, 0.3) is 10.9 Å². The summed E-state index contributed by atoms with van der Waals surface area (Å²) in [6, 6.07) is 12.7. The molecule has 0 spiro atoms. The van der Waals surface area contributed by atoms with E-state index in [0.717, 1.165) is 11.3 Å². The van der Waals surface area contributed by atoms with Crippen molar-refractivity contribution in [2.45, 2.75) is 26.8 Å². The fourth-order valence-corrected chi connectivity index (χ4v) is 3.02. The number of fused-ring (bicyclic) bond motifs is 1. The number of aromatic nitrogens is 1. The number of allylic oxidation sites excluding steroid dienone is 1. The topological polar surface area (TPSA) is 97.7 Å². The van der Waals surface area contributed by atoms with E-state index >= 15 is 0 Å². The second-order valence-electron chi connectivity index (χ2n) is 6.78. The molecule has 144 valence electrons. The van der Waals surface area contributed by atoms with Gasteiger partial charge in [-0.25, -0.2) is 0 Å². The van der Waals surface area contributed by atoms with Gasteiger partial charge in [0.05, 0.1) is 22.7 Å². The number of pyridine rings is 1. The lowest BCUT2D eigenvalue weighted by molar-refractivity contribution is 0.410. The molecular weight excluding hydrogens is 354 g/mol. The number of aryl methyl sites for hydroxylation is 1. The molecule has 0 saturated carbocycles. The van der Waals surface area contributed by atoms with Gasteiger partial charge in [0.15, 0.2) is 0 Å². The van der Waals surface area contributed by atoms with Crippen LogP contribution in [0.5, 0.6) is 5.75 Å². The maximum absolute atomic E-state index is 12.4. The summed E-state index contributed by atoms with van der Waals surface area (Å²) in [5.74, 6) is 0.132. The average molecular weight is 377 g/mol. The second-order valence-corrected chi connectivity index (χ2v) is 6.78. The number of aliphatic hydroxyl groups is 1. The molecule has 0 aliphatic carbocycles. The molecule has 0 bridgehead atoms. The van der Waals surface area contributed by atoms with Gasteiger partial charge in [0.25, 0.3) is 5.56 Å². The number of para-hydroxylation sites is 2. The number of aliphatic imine (C=N–C) groups is 1. The molecule has 0 amide bonds. The molecule has 2 aromatic carbocycles. The molecule has 6 heteroatoms. The monoisotopic (exact) mass is 377 g/mol. The molecule has 28 heavy (non-hydrogen) atoms. The van der Waals surface area contributed by atoms with Gasteiger partial charge in [-0.15, -0.1) is 0 Å². The van der Waals surface area contributed by atoms with Crippen LogP contribution < -0.4 is 10.9 Å². The minimum Gasteiger partial charge on any atom is -0.513 e. The van der Waals surface area contributed by atoms with Gasteiger partial charge in [0.1, 0.15) is 11.3 Å². The Labute approximate surface area is 162 Å². The number of nitrogens with zero attached hydrogens (tertiary/aromatic N) is 1. The van der Waals surface area contributed by atoms with Gasteiger partial charge in [-0.1, -0.05) is 23.8 Å². The molecule has 3 aromatic rings. The molecule has 1 aromatic heterocycles. The molecule has 1 atom stereocenters. The Morgan fingerprint density at radius 2 is 2.00 bits per heavy atom. The van der Waals surface area contributed by atoms with Crippen molar-refractivity contribution in [3.8, 4) is 5.75 Å². The first kappa shape index (κ1) is 19.2. The standard InChI is InChI=1S/C22H23N3O3/c1-13-8-9-18-16(10-13)21(27)17(22(28)25-18)12-23-19-6-4-5-7-20(19)24-14(2)11-15(3)26/h4-12,14,24,26H,1-3H3,(H2,25,27,28)/b15-11-,23-12?. The summed E-state index contributed by atoms with van der Waals surface area (Å²) < 4.78 is 0. The van der Waals surface area contributed by atoms with Gasteiger partial charge in [-0.2, -0.15) is 0 Å². The van der Waals surface area contributed by atoms with Crippen molar-refractivity contribution in [3.05, 3.63) is 75.8 Å². The summed E-state index contributed by atoms with van der Waals surface area (Å²) in [4.78, 5) is 19.6. The number of H-pyrrole nitrogens is 1. The molecule has 0 saturated heterocycles. The Morgan fingerprint density at radius 3 is 2.75 bits per heavy atom. The third-order valence-electron chi connectivity index (χ3n) is 4.29. The number of aromatic amines is 1. The average Bonchev–Trinajstić information content (AvgIpc) is 2.63. The lowest BCUT2D eigenvalue weighted by atomic mass is 10.1. The highest BCUT2D eigenvalue weighted by Gasteiger charge is 2.11. The largest absolute Gasteiger partial charge is 0.513 e. The number of hydrogen-bond acceptors (Lipinski definition) is 5. The number of benzene rings is 2. The van der Waals surface area contributed by atoms with Crippen LogP contribution in [0.4, 0.5) is 11.4 Å². The van der Waals surface area contributed by atoms with Gasteiger partial charge in [0.2, 0.25) is 0 Å². The summed E-state index contributed by atoms with van der Waals surface area (Å²) in [5, 5.41) is 23.8. The van der Waals surface area contributed by atoms with Gasteiger partial charge in [-0.05, 0) is 51.1 Å². The van der Waals surface area contributed by atoms with Crippen LogP contribution in [-0.4, -0.2) is 27.5 Å². The Kier molecular flexibility index (Phi) is 5.49. The number of aliphatic hydroxyl groups excluding tert-OH is 1. The molecule has 3 rings (SSSR count). The van der Waals surface area contributed by atoms with Crippen LogP contribution in [0, 0.1) is 6.92 Å². The summed E-state index contributed by atoms with van der Waals surface area (Å²) in [5.41, 5.74) is 2.61. The van der Waals surface area contributed by atoms with Crippen molar-refractivity contribution in [1.82, 2.24) is 4.98 Å². The molecule has 0 aliphatic rings. The van der Waals surface area contributed by atoms with E-state index in [2.05, 4.69) is 15.3 Å². The molecule has 0 fully saturated rings. The number of rotatable bonds is 5. The Bertz CT molecular complexity index is 1130. The van der Waals surface area contributed by atoms with Crippen LogP contribution in [0.2, 0.25) is 0 Å². The van der Waals surface area contributed by atoms with Crippen molar-refractivity contribution >= 4 is 28.5 Å². The molecule has 4 N–H and O–H groups in total. The van der Waals surface area contributed by atoms with E-state index in [4.69, 9.17) is 0 Å². The van der Waals surface area contributed by atoms with E-state index in [1.54, 1.807) is 25.1 Å². The van der Waals surface area contributed by atoms with Gasteiger partial charge in [0, 0.05) is 17.6 Å². The normalized spacial score (nSPS) is 13.2. The minimum atomic E-state index is -0.407. The maximum Gasteiger partial charge on any atom is 0.261 e. The highest BCUT2D eigenvalue weighted by Crippen LogP contribution is 2.28. The molecule has 1 heterocycles. The van der Waals surface area contributed by atoms with E-state index in [0.29, 0.717) is 16.6 Å². The first-order valence-electron chi connectivity index (χ1n) is 8.98. The number of anilines is 1. The lowest BCUT2D eigenvalue weighted by Gasteiger charge is -2.13. The predicted molar refractivity (Wildman–Crippen MR) is 114 cm³/mol. The Balaban J connectivity index is 1.99. The summed E-state index contributed by atoms with van der Waals surface area (Å²) in [6.07, 6.45) is 3.05. The number of aromatic hydroxyl groups is 1. The SMILES string of the molecule is C/C(O)=C/C(C)Nc1ccccc1N=Cc1c(O)c2cc(C)ccc2[nH]c1=O. The first-order chi connectivity index (χ1) is 13.3. The summed E-state index contributed by atoms with van der Waals surface area (Å²) in [6.45, 7) is 5.44. The highest BCUT2D eigenvalue weighted by molar-refractivity contribution is 5.96. The maximum atomic E-state index is 12.4. The van der Waals surface area contributed by atoms with E-state index in [1.807, 2.05) is 44.2 Å². The summed E-state index contributed by atoms with van der Waals surface area (Å²) >= 11 is 0. The second kappa shape index (κ2) is 8.00. The molecule has 1 unspecified atom stereocenters.